The number of hydrogen-bond donors (Lipinski definition) is 1. The Morgan fingerprint density at radius 1 is 1.64 bits per heavy atom. The summed E-state index contributed by atoms with van der Waals surface area (Å²) in [6, 6.07) is 1.43. The lowest BCUT2D eigenvalue weighted by Crippen LogP contribution is -2.15. The quantitative estimate of drug-likeness (QED) is 0.716. The molecule has 0 radical (unpaired) electrons. The van der Waals surface area contributed by atoms with Crippen LogP contribution in [0.1, 0.15) is 5.69 Å². The summed E-state index contributed by atoms with van der Waals surface area (Å²) in [6.45, 7) is -0.658. The van der Waals surface area contributed by atoms with Crippen LogP contribution in [0, 0.1) is 0 Å². The largest absolute Gasteiger partial charge is 0.468 e. The molecule has 14 heavy (non-hydrogen) atoms. The third-order valence-corrected chi connectivity index (χ3v) is 1.50. The molecular formula is C8H10FN3O2. The van der Waals surface area contributed by atoms with Crippen LogP contribution in [0.15, 0.2) is 12.4 Å². The molecule has 0 saturated carbocycles. The molecule has 0 aliphatic carbocycles. The van der Waals surface area contributed by atoms with Gasteiger partial charge in [-0.3, -0.25) is 4.79 Å². The molecule has 5 nitrogen and oxygen atoms in total. The first-order chi connectivity index (χ1) is 6.76. The average Bonchev–Trinajstić information content (AvgIpc) is 2.26. The van der Waals surface area contributed by atoms with Crippen LogP contribution in [0.2, 0.25) is 0 Å². The van der Waals surface area contributed by atoms with Gasteiger partial charge in [-0.2, -0.15) is 0 Å². The van der Waals surface area contributed by atoms with Gasteiger partial charge in [-0.15, -0.1) is 0 Å². The normalized spacial score (nSPS) is 9.57. The summed E-state index contributed by atoms with van der Waals surface area (Å²) in [5, 5.41) is 2.68. The first kappa shape index (κ1) is 10.4. The van der Waals surface area contributed by atoms with Gasteiger partial charge in [0, 0.05) is 6.07 Å². The van der Waals surface area contributed by atoms with E-state index in [-0.39, 0.29) is 12.2 Å². The highest BCUT2D eigenvalue weighted by atomic mass is 19.1. The predicted molar refractivity (Wildman–Crippen MR) is 47.3 cm³/mol. The first-order valence-electron chi connectivity index (χ1n) is 3.94. The topological polar surface area (TPSA) is 64.1 Å². The van der Waals surface area contributed by atoms with Gasteiger partial charge in [0.1, 0.15) is 25.4 Å². The maximum absolute atomic E-state index is 12.2. The fourth-order valence-electron chi connectivity index (χ4n) is 0.802. The van der Waals surface area contributed by atoms with Crippen LogP contribution < -0.4 is 5.32 Å². The number of carbonyl (C=O) groups excluding carboxylic acids is 1. The molecule has 0 unspecified atom stereocenters. The Balaban J connectivity index is 2.54. The average molecular weight is 199 g/mol. The maximum Gasteiger partial charge on any atom is 0.325 e. The molecule has 6 heteroatoms. The van der Waals surface area contributed by atoms with Crippen LogP contribution in [-0.2, 0) is 16.2 Å². The lowest BCUT2D eigenvalue weighted by Gasteiger charge is -2.03. The Morgan fingerprint density at radius 2 is 2.43 bits per heavy atom. The second-order valence-corrected chi connectivity index (χ2v) is 2.46. The number of anilines is 1. The third kappa shape index (κ3) is 2.96. The SMILES string of the molecule is COC(=O)CNc1cc(CF)ncn1. The van der Waals surface area contributed by atoms with Crippen LogP contribution in [0.4, 0.5) is 10.2 Å². The van der Waals surface area contributed by atoms with E-state index in [4.69, 9.17) is 0 Å². The van der Waals surface area contributed by atoms with E-state index in [1.807, 2.05) is 0 Å². The summed E-state index contributed by atoms with van der Waals surface area (Å²) < 4.78 is 16.6. The Kier molecular flexibility index (Phi) is 3.78. The molecule has 0 aliphatic heterocycles. The lowest BCUT2D eigenvalue weighted by molar-refractivity contribution is -0.138. The van der Waals surface area contributed by atoms with Gasteiger partial charge in [-0.05, 0) is 0 Å². The second kappa shape index (κ2) is 5.11. The molecule has 1 aromatic heterocycles. The van der Waals surface area contributed by atoms with E-state index in [2.05, 4.69) is 20.0 Å². The smallest absolute Gasteiger partial charge is 0.325 e. The van der Waals surface area contributed by atoms with Crippen LogP contribution in [-0.4, -0.2) is 29.6 Å². The summed E-state index contributed by atoms with van der Waals surface area (Å²) in [7, 11) is 1.29. The first-order valence-corrected chi connectivity index (χ1v) is 3.94. The standard InChI is InChI=1S/C8H10FN3O2/c1-14-8(13)4-10-7-2-6(3-9)11-5-12-7/h2,5H,3-4H2,1H3,(H,10,11,12). The highest BCUT2D eigenvalue weighted by Crippen LogP contribution is 2.04. The highest BCUT2D eigenvalue weighted by molar-refractivity contribution is 5.74. The van der Waals surface area contributed by atoms with Crippen molar-refractivity contribution in [2.45, 2.75) is 6.67 Å². The molecule has 0 aliphatic rings. The number of hydrogen-bond acceptors (Lipinski definition) is 5. The van der Waals surface area contributed by atoms with Gasteiger partial charge in [-0.25, -0.2) is 14.4 Å². The molecule has 0 saturated heterocycles. The number of methoxy groups -OCH3 is 1. The minimum atomic E-state index is -0.657. The van der Waals surface area contributed by atoms with E-state index < -0.39 is 12.6 Å². The van der Waals surface area contributed by atoms with Gasteiger partial charge < -0.3 is 10.1 Å². The number of ether oxygens (including phenoxy) is 1. The molecular weight excluding hydrogens is 189 g/mol. The third-order valence-electron chi connectivity index (χ3n) is 1.50. The zero-order chi connectivity index (χ0) is 10.4. The molecule has 1 aromatic rings. The van der Waals surface area contributed by atoms with Gasteiger partial charge in [0.25, 0.3) is 0 Å². The molecule has 0 fully saturated rings. The van der Waals surface area contributed by atoms with Crippen LogP contribution in [0.25, 0.3) is 0 Å². The van der Waals surface area contributed by atoms with Crippen molar-refractivity contribution in [1.29, 1.82) is 0 Å². The van der Waals surface area contributed by atoms with E-state index in [9.17, 15) is 9.18 Å². The van der Waals surface area contributed by atoms with Crippen LogP contribution in [0.3, 0.4) is 0 Å². The molecule has 0 atom stereocenters. The second-order valence-electron chi connectivity index (χ2n) is 2.46. The fraction of sp³-hybridized carbons (Fsp3) is 0.375. The monoisotopic (exact) mass is 199 g/mol. The molecule has 76 valence electrons. The zero-order valence-electron chi connectivity index (χ0n) is 7.66. The molecule has 0 amide bonds. The van der Waals surface area contributed by atoms with Gasteiger partial charge in [0.05, 0.1) is 12.8 Å². The van der Waals surface area contributed by atoms with Crippen molar-refractivity contribution in [3.63, 3.8) is 0 Å². The van der Waals surface area contributed by atoms with E-state index in [1.54, 1.807) is 0 Å². The number of alkyl halides is 1. The predicted octanol–water partition coefficient (Wildman–Crippen LogP) is 0.531. The van der Waals surface area contributed by atoms with Crippen molar-refractivity contribution in [1.82, 2.24) is 9.97 Å². The van der Waals surface area contributed by atoms with Crippen molar-refractivity contribution in [2.24, 2.45) is 0 Å². The number of nitrogens with one attached hydrogen (secondary N) is 1. The van der Waals surface area contributed by atoms with Gasteiger partial charge in [-0.1, -0.05) is 0 Å². The number of rotatable bonds is 4. The number of aromatic nitrogens is 2. The summed E-state index contributed by atoms with van der Waals surface area (Å²) >= 11 is 0. The summed E-state index contributed by atoms with van der Waals surface area (Å²) in [6.07, 6.45) is 1.23. The van der Waals surface area contributed by atoms with E-state index in [0.717, 1.165) is 0 Å². The van der Waals surface area contributed by atoms with Crippen molar-refractivity contribution in [3.05, 3.63) is 18.1 Å². The molecule has 1 N–H and O–H groups in total. The zero-order valence-corrected chi connectivity index (χ0v) is 7.66. The van der Waals surface area contributed by atoms with Crippen molar-refractivity contribution in [2.75, 3.05) is 19.0 Å². The van der Waals surface area contributed by atoms with E-state index >= 15 is 0 Å². The van der Waals surface area contributed by atoms with Crippen LogP contribution in [0.5, 0.6) is 0 Å². The maximum atomic E-state index is 12.2. The molecule has 1 heterocycles. The summed E-state index contributed by atoms with van der Waals surface area (Å²) in [5.74, 6) is -0.0107. The number of nitrogens with zero attached hydrogens (tertiary/aromatic N) is 2. The minimum Gasteiger partial charge on any atom is -0.468 e. The Labute approximate surface area is 80.3 Å². The van der Waals surface area contributed by atoms with E-state index in [0.29, 0.717) is 5.82 Å². The molecule has 0 bridgehead atoms. The van der Waals surface area contributed by atoms with Gasteiger partial charge in [0.2, 0.25) is 0 Å². The van der Waals surface area contributed by atoms with E-state index in [1.165, 1.54) is 19.5 Å². The number of esters is 1. The van der Waals surface area contributed by atoms with Crippen molar-refractivity contribution >= 4 is 11.8 Å². The van der Waals surface area contributed by atoms with Crippen molar-refractivity contribution in [3.8, 4) is 0 Å². The molecule has 0 aromatic carbocycles. The Hall–Kier alpha value is -1.72. The molecule has 0 spiro atoms. The summed E-state index contributed by atoms with van der Waals surface area (Å²) in [4.78, 5) is 18.2. The Bertz CT molecular complexity index is 319. The van der Waals surface area contributed by atoms with Crippen LogP contribution >= 0.6 is 0 Å². The Morgan fingerprint density at radius 3 is 3.07 bits per heavy atom. The van der Waals surface area contributed by atoms with Gasteiger partial charge in [0.15, 0.2) is 0 Å². The molecule has 1 rings (SSSR count). The van der Waals surface area contributed by atoms with Gasteiger partial charge >= 0.3 is 5.97 Å². The number of halogens is 1. The van der Waals surface area contributed by atoms with Crippen molar-refractivity contribution < 1.29 is 13.9 Å². The number of carbonyl (C=O) groups is 1. The lowest BCUT2D eigenvalue weighted by atomic mass is 10.4. The fourth-order valence-corrected chi connectivity index (χ4v) is 0.802. The summed E-state index contributed by atoms with van der Waals surface area (Å²) in [5.41, 5.74) is 0.271. The highest BCUT2D eigenvalue weighted by Gasteiger charge is 2.01. The minimum absolute atomic E-state index is 0.000755.